The van der Waals surface area contributed by atoms with Crippen molar-refractivity contribution in [1.29, 1.82) is 0 Å². The topological polar surface area (TPSA) is 191 Å². The highest BCUT2D eigenvalue weighted by Crippen LogP contribution is 2.33. The third-order valence-corrected chi connectivity index (χ3v) is 6.10. The lowest BCUT2D eigenvalue weighted by molar-refractivity contribution is -0.140. The van der Waals surface area contributed by atoms with Crippen molar-refractivity contribution >= 4 is 62.5 Å². The van der Waals surface area contributed by atoms with Gasteiger partial charge in [-0.25, -0.2) is 9.78 Å². The number of hydrogen-bond donors (Lipinski definition) is 3. The van der Waals surface area contributed by atoms with Crippen molar-refractivity contribution in [1.82, 2.24) is 14.6 Å². The van der Waals surface area contributed by atoms with E-state index in [-0.39, 0.29) is 17.5 Å². The number of carbonyl (C=O) groups excluding carboxylic acids is 3. The number of carbonyl (C=O) groups is 3. The first-order valence-corrected chi connectivity index (χ1v) is 11.3. The predicted molar refractivity (Wildman–Crippen MR) is 107 cm³/mol. The van der Waals surface area contributed by atoms with Gasteiger partial charge in [0.05, 0.1) is 12.3 Å². The van der Waals surface area contributed by atoms with E-state index in [0.29, 0.717) is 22.6 Å². The molecule has 1 saturated heterocycles. The zero-order chi connectivity index (χ0) is 22.3. The number of anilines is 1. The van der Waals surface area contributed by atoms with E-state index in [9.17, 15) is 27.4 Å². The first kappa shape index (κ1) is 23.6. The van der Waals surface area contributed by atoms with E-state index in [1.165, 1.54) is 16.7 Å². The van der Waals surface area contributed by atoms with Gasteiger partial charge in [-0.15, -0.1) is 23.1 Å². The van der Waals surface area contributed by atoms with Gasteiger partial charge in [0.1, 0.15) is 17.6 Å². The van der Waals surface area contributed by atoms with Crippen molar-refractivity contribution in [2.75, 3.05) is 12.3 Å². The summed E-state index contributed by atoms with van der Waals surface area (Å²) in [5.41, 5.74) is 5.97. The fourth-order valence-electron chi connectivity index (χ4n) is 2.08. The Bertz CT molecular complexity index is 961. The van der Waals surface area contributed by atoms with Crippen LogP contribution in [0.2, 0.25) is 0 Å². The molecule has 1 aliphatic rings. The highest BCUT2D eigenvalue weighted by Gasteiger charge is 2.54. The molecule has 13 nitrogen and oxygen atoms in total. The Balaban J connectivity index is 1.93. The standard InChI is InChI=1S/C14H17N5O8S3/c1-2-26-10(21)3-4-28-13-11(12(22)19(13)30(23,24)25)18-9(20)5-16-27-6-8-7-29-14(15)17-8/h3-5,7,11,13H,2,6H2,1H3,(H2,15,17)(H,18,20)(H,23,24,25)/t11-,13-/m1/s1. The van der Waals surface area contributed by atoms with Crippen LogP contribution in [-0.2, 0) is 40.9 Å². The molecular weight excluding hydrogens is 462 g/mol. The van der Waals surface area contributed by atoms with Crippen LogP contribution in [0.25, 0.3) is 0 Å². The number of aromatic nitrogens is 1. The second kappa shape index (κ2) is 10.4. The van der Waals surface area contributed by atoms with Crippen LogP contribution in [0.3, 0.4) is 0 Å². The third kappa shape index (κ3) is 6.41. The van der Waals surface area contributed by atoms with E-state index in [1.807, 2.05) is 0 Å². The highest BCUT2D eigenvalue weighted by atomic mass is 32.2. The van der Waals surface area contributed by atoms with Crippen molar-refractivity contribution in [3.05, 3.63) is 22.6 Å². The van der Waals surface area contributed by atoms with E-state index in [0.717, 1.165) is 12.3 Å². The summed E-state index contributed by atoms with van der Waals surface area (Å²) in [6.45, 7) is 1.71. The Morgan fingerprint density at radius 1 is 1.53 bits per heavy atom. The van der Waals surface area contributed by atoms with E-state index >= 15 is 0 Å². The minimum atomic E-state index is -4.86. The van der Waals surface area contributed by atoms with E-state index in [1.54, 1.807) is 12.3 Å². The molecule has 0 aromatic carbocycles. The number of rotatable bonds is 10. The highest BCUT2D eigenvalue weighted by molar-refractivity contribution is 8.03. The quantitative estimate of drug-likeness (QED) is 0.0978. The van der Waals surface area contributed by atoms with E-state index in [2.05, 4.69) is 20.2 Å². The van der Waals surface area contributed by atoms with Crippen molar-refractivity contribution in [3.63, 3.8) is 0 Å². The summed E-state index contributed by atoms with van der Waals surface area (Å²) in [6, 6.07) is -1.29. The molecule has 0 saturated carbocycles. The number of esters is 1. The Labute approximate surface area is 179 Å². The van der Waals surface area contributed by atoms with Crippen LogP contribution < -0.4 is 11.1 Å². The molecule has 16 heteroatoms. The molecule has 0 bridgehead atoms. The first-order chi connectivity index (χ1) is 14.1. The second-order valence-corrected chi connectivity index (χ2v) is 8.57. The van der Waals surface area contributed by atoms with Crippen molar-refractivity contribution in [2.24, 2.45) is 5.16 Å². The summed E-state index contributed by atoms with van der Waals surface area (Å²) in [4.78, 5) is 44.0. The van der Waals surface area contributed by atoms with Gasteiger partial charge in [-0.2, -0.15) is 12.7 Å². The molecule has 2 amide bonds. The number of thiazole rings is 1. The molecule has 1 aromatic rings. The number of nitrogens with two attached hydrogens (primary N) is 1. The van der Waals surface area contributed by atoms with Crippen LogP contribution in [0.15, 0.2) is 22.0 Å². The van der Waals surface area contributed by atoms with Gasteiger partial charge >= 0.3 is 16.3 Å². The molecule has 164 valence electrons. The predicted octanol–water partition coefficient (Wildman–Crippen LogP) is -0.506. The van der Waals surface area contributed by atoms with Crippen LogP contribution in [0.5, 0.6) is 0 Å². The fourth-order valence-corrected chi connectivity index (χ4v) is 4.74. The lowest BCUT2D eigenvalue weighted by Gasteiger charge is -2.42. The number of nitrogens with one attached hydrogen (secondary N) is 1. The number of oxime groups is 1. The molecule has 2 atom stereocenters. The molecule has 4 N–H and O–H groups in total. The molecule has 2 rings (SSSR count). The molecule has 1 fully saturated rings. The maximum Gasteiger partial charge on any atom is 0.363 e. The van der Waals surface area contributed by atoms with Crippen molar-refractivity contribution in [3.8, 4) is 0 Å². The van der Waals surface area contributed by atoms with Crippen LogP contribution in [0, 0.1) is 0 Å². The first-order valence-electron chi connectivity index (χ1n) is 8.08. The molecular formula is C14H17N5O8S3. The summed E-state index contributed by atoms with van der Waals surface area (Å²) < 4.78 is 36.8. The van der Waals surface area contributed by atoms with Crippen LogP contribution in [0.1, 0.15) is 12.6 Å². The summed E-state index contributed by atoms with van der Waals surface area (Å²) in [5, 5.41) is 7.63. The summed E-state index contributed by atoms with van der Waals surface area (Å²) in [5.74, 6) is -2.58. The average Bonchev–Trinajstić information content (AvgIpc) is 3.07. The largest absolute Gasteiger partial charge is 0.463 e. The lowest BCUT2D eigenvalue weighted by atomic mass is 10.1. The number of nitrogens with zero attached hydrogens (tertiary/aromatic N) is 3. The fraction of sp³-hybridized carbons (Fsp3) is 0.357. The number of nitrogen functional groups attached to an aromatic ring is 1. The van der Waals surface area contributed by atoms with Crippen LogP contribution in [0.4, 0.5) is 5.13 Å². The number of ether oxygens (including phenoxy) is 1. The monoisotopic (exact) mass is 479 g/mol. The van der Waals surface area contributed by atoms with E-state index < -0.39 is 39.5 Å². The normalized spacial score (nSPS) is 19.1. The molecule has 0 aliphatic carbocycles. The van der Waals surface area contributed by atoms with Crippen molar-refractivity contribution in [2.45, 2.75) is 24.9 Å². The Hall–Kier alpha value is -2.69. The SMILES string of the molecule is CCOC(=O)C=CS[C@@H]1[C@H](NC(=O)C=NOCc2csc(N)n2)C(=O)N1S(=O)(=O)O. The Morgan fingerprint density at radius 2 is 2.27 bits per heavy atom. The number of hydrogen-bond acceptors (Lipinski definition) is 12. The molecule has 0 radical (unpaired) electrons. The van der Waals surface area contributed by atoms with Gasteiger partial charge in [-0.05, 0) is 12.3 Å². The van der Waals surface area contributed by atoms with Gasteiger partial charge in [0, 0.05) is 11.5 Å². The van der Waals surface area contributed by atoms with Gasteiger partial charge in [0.25, 0.3) is 11.8 Å². The van der Waals surface area contributed by atoms with Gasteiger partial charge in [0.2, 0.25) is 0 Å². The summed E-state index contributed by atoms with van der Waals surface area (Å²) in [7, 11) is -4.86. The summed E-state index contributed by atoms with van der Waals surface area (Å²) in [6.07, 6.45) is 1.76. The van der Waals surface area contributed by atoms with Gasteiger partial charge < -0.3 is 20.6 Å². The maximum absolute atomic E-state index is 12.0. The average molecular weight is 480 g/mol. The van der Waals surface area contributed by atoms with Crippen LogP contribution >= 0.6 is 23.1 Å². The molecule has 2 heterocycles. The molecule has 1 aliphatic heterocycles. The zero-order valence-corrected chi connectivity index (χ0v) is 17.8. The number of amides is 2. The second-order valence-electron chi connectivity index (χ2n) is 5.36. The van der Waals surface area contributed by atoms with Crippen LogP contribution in [-0.4, -0.2) is 64.3 Å². The number of β-lactam (4-membered cyclic amide) rings is 1. The zero-order valence-electron chi connectivity index (χ0n) is 15.3. The smallest absolute Gasteiger partial charge is 0.363 e. The van der Waals surface area contributed by atoms with Gasteiger partial charge in [-0.1, -0.05) is 5.16 Å². The van der Waals surface area contributed by atoms with Crippen molar-refractivity contribution < 1.29 is 36.9 Å². The molecule has 0 unspecified atom stereocenters. The minimum absolute atomic E-state index is 0.0342. The lowest BCUT2D eigenvalue weighted by Crippen LogP contribution is -2.70. The minimum Gasteiger partial charge on any atom is -0.463 e. The van der Waals surface area contributed by atoms with Gasteiger partial charge in [-0.3, -0.25) is 14.1 Å². The molecule has 0 spiro atoms. The number of thioether (sulfide) groups is 1. The molecule has 30 heavy (non-hydrogen) atoms. The van der Waals surface area contributed by atoms with Gasteiger partial charge in [0.15, 0.2) is 11.7 Å². The Morgan fingerprint density at radius 3 is 2.87 bits per heavy atom. The molecule has 1 aromatic heterocycles. The third-order valence-electron chi connectivity index (χ3n) is 3.28. The van der Waals surface area contributed by atoms with E-state index in [4.69, 9.17) is 10.6 Å². The summed E-state index contributed by atoms with van der Waals surface area (Å²) >= 11 is 1.92. The Kier molecular flexibility index (Phi) is 8.16. The maximum atomic E-state index is 12.0.